The van der Waals surface area contributed by atoms with Gasteiger partial charge in [-0.1, -0.05) is 27.5 Å². The largest absolute Gasteiger partial charge is 0.493 e. The zero-order valence-electron chi connectivity index (χ0n) is 17.5. The van der Waals surface area contributed by atoms with Gasteiger partial charge in [-0.3, -0.25) is 4.79 Å². The summed E-state index contributed by atoms with van der Waals surface area (Å²) in [7, 11) is 2.71. The number of ether oxygens (including phenoxy) is 3. The summed E-state index contributed by atoms with van der Waals surface area (Å²) in [4.78, 5) is 29.1. The number of esters is 1. The first-order chi connectivity index (χ1) is 15.2. The number of carbonyl (C=O) groups is 1. The van der Waals surface area contributed by atoms with Crippen molar-refractivity contribution in [3.8, 4) is 11.5 Å². The highest BCUT2D eigenvalue weighted by molar-refractivity contribution is 9.10. The Bertz CT molecular complexity index is 1290. The number of fused-ring (bicyclic) bond motifs is 1. The number of hydrogen-bond donors (Lipinski definition) is 0. The highest BCUT2D eigenvalue weighted by Gasteiger charge is 2.22. The molecule has 3 rings (SSSR count). The van der Waals surface area contributed by atoms with Crippen LogP contribution in [-0.4, -0.2) is 42.2 Å². The van der Waals surface area contributed by atoms with Crippen molar-refractivity contribution in [2.75, 3.05) is 14.2 Å². The van der Waals surface area contributed by atoms with Gasteiger partial charge in [0.05, 0.1) is 31.3 Å². The van der Waals surface area contributed by atoms with E-state index in [2.05, 4.69) is 46.7 Å². The Morgan fingerprint density at radius 2 is 2.00 bits per heavy atom. The first kappa shape index (κ1) is 24.2. The third-order valence-electron chi connectivity index (χ3n) is 4.49. The second-order valence-corrected chi connectivity index (χ2v) is 8.68. The topological polar surface area (TPSA) is 92.0 Å². The molecule has 0 spiro atoms. The minimum absolute atomic E-state index is 0.168. The van der Waals surface area contributed by atoms with Crippen molar-refractivity contribution in [3.63, 3.8) is 0 Å². The predicted molar refractivity (Wildman–Crippen MR) is 129 cm³/mol. The van der Waals surface area contributed by atoms with E-state index in [0.717, 1.165) is 4.47 Å². The zero-order chi connectivity index (χ0) is 23.6. The van der Waals surface area contributed by atoms with Gasteiger partial charge in [0, 0.05) is 14.5 Å². The molecular weight excluding hydrogens is 570 g/mol. The van der Waals surface area contributed by atoms with Gasteiger partial charge in [-0.2, -0.15) is 9.78 Å². The fourth-order valence-electron chi connectivity index (χ4n) is 2.87. The van der Waals surface area contributed by atoms with Crippen LogP contribution in [0.3, 0.4) is 0 Å². The molecule has 11 heteroatoms. The Hall–Kier alpha value is -2.43. The molecule has 0 amide bonds. The summed E-state index contributed by atoms with van der Waals surface area (Å²) >= 11 is 13.2. The lowest BCUT2D eigenvalue weighted by Gasteiger charge is -2.18. The molecule has 0 aliphatic rings. The summed E-state index contributed by atoms with van der Waals surface area (Å²) in [5, 5.41) is 4.91. The van der Waals surface area contributed by atoms with E-state index < -0.39 is 12.1 Å². The number of nitrogens with zero attached hydrogens (tertiary/aromatic N) is 3. The van der Waals surface area contributed by atoms with Crippen LogP contribution in [0.1, 0.15) is 18.3 Å². The minimum atomic E-state index is -0.901. The summed E-state index contributed by atoms with van der Waals surface area (Å²) in [5.41, 5.74) is 0.783. The van der Waals surface area contributed by atoms with E-state index in [1.54, 1.807) is 25.1 Å². The molecule has 0 saturated heterocycles. The number of carbonyl (C=O) groups excluding carboxylic acids is 1. The first-order valence-electron chi connectivity index (χ1n) is 9.21. The van der Waals surface area contributed by atoms with Crippen LogP contribution in [0.5, 0.6) is 11.5 Å². The third kappa shape index (κ3) is 4.82. The van der Waals surface area contributed by atoms with Gasteiger partial charge in [0.2, 0.25) is 0 Å². The summed E-state index contributed by atoms with van der Waals surface area (Å²) in [6, 6.07) is 6.89. The molecule has 1 heterocycles. The Balaban J connectivity index is 2.05. The summed E-state index contributed by atoms with van der Waals surface area (Å²) in [6.07, 6.45) is 0.549. The maximum absolute atomic E-state index is 12.9. The Morgan fingerprint density at radius 3 is 2.66 bits per heavy atom. The van der Waals surface area contributed by atoms with Crippen LogP contribution in [-0.2, 0) is 9.53 Å². The van der Waals surface area contributed by atoms with Crippen molar-refractivity contribution in [2.24, 2.45) is 5.10 Å². The third-order valence-corrected chi connectivity index (χ3v) is 6.42. The molecule has 0 fully saturated rings. The molecule has 1 atom stereocenters. The molecule has 1 aromatic heterocycles. The molecule has 0 bridgehead atoms. The maximum Gasteiger partial charge on any atom is 0.346 e. The molecule has 8 nitrogen and oxygen atoms in total. The van der Waals surface area contributed by atoms with Gasteiger partial charge in [-0.25, -0.2) is 9.78 Å². The van der Waals surface area contributed by atoms with E-state index in [-0.39, 0.29) is 22.1 Å². The van der Waals surface area contributed by atoms with Crippen molar-refractivity contribution < 1.29 is 19.0 Å². The Kier molecular flexibility index (Phi) is 7.58. The molecule has 0 N–H and O–H groups in total. The first-order valence-corrected chi connectivity index (χ1v) is 11.2. The molecule has 0 radical (unpaired) electrons. The van der Waals surface area contributed by atoms with Gasteiger partial charge in [-0.05, 0) is 54.0 Å². The van der Waals surface area contributed by atoms with Crippen LogP contribution >= 0.6 is 43.5 Å². The Morgan fingerprint density at radius 1 is 1.28 bits per heavy atom. The fourth-order valence-corrected chi connectivity index (χ4v) is 3.87. The van der Waals surface area contributed by atoms with Crippen LogP contribution in [0.4, 0.5) is 0 Å². The maximum atomic E-state index is 12.9. The van der Waals surface area contributed by atoms with Gasteiger partial charge < -0.3 is 14.2 Å². The highest BCUT2D eigenvalue weighted by Crippen LogP contribution is 2.42. The van der Waals surface area contributed by atoms with E-state index in [9.17, 15) is 9.59 Å². The second-order valence-electron chi connectivity index (χ2n) is 6.59. The van der Waals surface area contributed by atoms with Crippen molar-refractivity contribution in [2.45, 2.75) is 20.0 Å². The standard InChI is InChI=1S/C21H18Br2ClN3O5/c1-10(21(29)31-4)32-19-16(30-3)7-12(17(23)18(19)24)9-25-27-11(2)26-15-6-5-13(22)8-14(15)20(27)28/h5-10H,1-4H3/t10-/m0/s1. The van der Waals surface area contributed by atoms with Gasteiger partial charge in [-0.15, -0.1) is 0 Å². The number of benzene rings is 2. The van der Waals surface area contributed by atoms with Crippen molar-refractivity contribution in [1.82, 2.24) is 9.66 Å². The summed E-state index contributed by atoms with van der Waals surface area (Å²) in [5.74, 6) is 0.305. The number of aromatic nitrogens is 2. The molecule has 0 aliphatic carbocycles. The molecule has 0 unspecified atom stereocenters. The van der Waals surface area contributed by atoms with E-state index in [1.165, 1.54) is 32.0 Å². The second kappa shape index (κ2) is 10.0. The summed E-state index contributed by atoms with van der Waals surface area (Å²) < 4.78 is 18.1. The molecule has 2 aromatic carbocycles. The number of rotatable bonds is 6. The average molecular weight is 588 g/mol. The quantitative estimate of drug-likeness (QED) is 0.306. The van der Waals surface area contributed by atoms with Gasteiger partial charge in [0.1, 0.15) is 10.8 Å². The van der Waals surface area contributed by atoms with Crippen molar-refractivity contribution in [3.05, 3.63) is 60.0 Å². The predicted octanol–water partition coefficient (Wildman–Crippen LogP) is 4.71. The molecule has 32 heavy (non-hydrogen) atoms. The van der Waals surface area contributed by atoms with E-state index in [1.807, 2.05) is 6.07 Å². The van der Waals surface area contributed by atoms with Crippen molar-refractivity contribution >= 4 is 66.5 Å². The van der Waals surface area contributed by atoms with Gasteiger partial charge >= 0.3 is 5.97 Å². The van der Waals surface area contributed by atoms with E-state index in [4.69, 9.17) is 21.1 Å². The smallest absolute Gasteiger partial charge is 0.346 e. The average Bonchev–Trinajstić information content (AvgIpc) is 2.77. The number of hydrogen-bond acceptors (Lipinski definition) is 7. The van der Waals surface area contributed by atoms with E-state index >= 15 is 0 Å². The monoisotopic (exact) mass is 585 g/mol. The minimum Gasteiger partial charge on any atom is -0.493 e. The molecule has 0 aliphatic heterocycles. The lowest BCUT2D eigenvalue weighted by atomic mass is 10.2. The highest BCUT2D eigenvalue weighted by atomic mass is 79.9. The van der Waals surface area contributed by atoms with Crippen LogP contribution in [0.25, 0.3) is 10.9 Å². The van der Waals surface area contributed by atoms with Crippen LogP contribution < -0.4 is 15.0 Å². The van der Waals surface area contributed by atoms with Gasteiger partial charge in [0.25, 0.3) is 5.56 Å². The fraction of sp³-hybridized carbons (Fsp3) is 0.238. The number of halogens is 3. The van der Waals surface area contributed by atoms with Crippen LogP contribution in [0.15, 0.2) is 43.1 Å². The van der Waals surface area contributed by atoms with Gasteiger partial charge in [0.15, 0.2) is 17.6 Å². The lowest BCUT2D eigenvalue weighted by molar-refractivity contribution is -0.147. The number of aryl methyl sites for hydroxylation is 1. The zero-order valence-corrected chi connectivity index (χ0v) is 21.4. The SMILES string of the molecule is COC(=O)[C@H](C)Oc1c(OC)cc(C=Nn2c(C)nc3ccc(Br)cc3c2=O)c(Br)c1Cl. The van der Waals surface area contributed by atoms with Crippen molar-refractivity contribution in [1.29, 1.82) is 0 Å². The molecule has 168 valence electrons. The Labute approximate surface area is 205 Å². The normalized spacial score (nSPS) is 12.2. The lowest BCUT2D eigenvalue weighted by Crippen LogP contribution is -2.25. The summed E-state index contributed by atoms with van der Waals surface area (Å²) in [6.45, 7) is 3.22. The number of methoxy groups -OCH3 is 2. The molecule has 0 saturated carbocycles. The molecule has 3 aromatic rings. The molecular formula is C21H18Br2ClN3O5. The van der Waals surface area contributed by atoms with Crippen LogP contribution in [0.2, 0.25) is 5.02 Å². The van der Waals surface area contributed by atoms with E-state index in [0.29, 0.717) is 26.8 Å². The van der Waals surface area contributed by atoms with Crippen LogP contribution in [0, 0.1) is 6.92 Å².